The van der Waals surface area contributed by atoms with Gasteiger partial charge in [-0.25, -0.2) is 0 Å². The van der Waals surface area contributed by atoms with Gasteiger partial charge < -0.3 is 0 Å². The van der Waals surface area contributed by atoms with E-state index in [-0.39, 0.29) is 5.41 Å². The van der Waals surface area contributed by atoms with Crippen LogP contribution in [0.25, 0.3) is 0 Å². The molecule has 2 aromatic rings. The van der Waals surface area contributed by atoms with E-state index in [9.17, 15) is 0 Å². The summed E-state index contributed by atoms with van der Waals surface area (Å²) in [7, 11) is 0. The predicted molar refractivity (Wildman–Crippen MR) is 98.1 cm³/mol. The lowest BCUT2D eigenvalue weighted by atomic mass is 9.75. The van der Waals surface area contributed by atoms with Crippen LogP contribution in [0.1, 0.15) is 65.3 Å². The van der Waals surface area contributed by atoms with Crippen LogP contribution >= 0.6 is 0 Å². The van der Waals surface area contributed by atoms with Gasteiger partial charge in [0.15, 0.2) is 0 Å². The second kappa shape index (κ2) is 5.91. The number of benzene rings is 2. The highest BCUT2D eigenvalue weighted by molar-refractivity contribution is 5.48. The fourth-order valence-electron chi connectivity index (χ4n) is 3.48. The first-order chi connectivity index (χ1) is 10.2. The normalized spacial score (nSPS) is 11.8. The molecule has 0 fully saturated rings. The highest BCUT2D eigenvalue weighted by atomic mass is 14.3. The monoisotopic (exact) mass is 294 g/mol. The zero-order valence-electron chi connectivity index (χ0n) is 15.5. The molecule has 118 valence electrons. The summed E-state index contributed by atoms with van der Waals surface area (Å²) in [6, 6.07) is 9.49. The highest BCUT2D eigenvalue weighted by Crippen LogP contribution is 2.35. The second-order valence-corrected chi connectivity index (χ2v) is 7.30. The van der Waals surface area contributed by atoms with Gasteiger partial charge in [-0.05, 0) is 85.5 Å². The topological polar surface area (TPSA) is 0 Å². The van der Waals surface area contributed by atoms with E-state index in [2.05, 4.69) is 79.7 Å². The zero-order chi connectivity index (χ0) is 16.7. The second-order valence-electron chi connectivity index (χ2n) is 7.30. The molecule has 0 bridgehead atoms. The maximum absolute atomic E-state index is 2.39. The molecule has 0 heterocycles. The van der Waals surface area contributed by atoms with Crippen molar-refractivity contribution in [3.63, 3.8) is 0 Å². The number of rotatable bonds is 3. The van der Waals surface area contributed by atoms with Gasteiger partial charge in [-0.2, -0.15) is 0 Å². The molecular formula is C22H30. The van der Waals surface area contributed by atoms with Crippen LogP contribution < -0.4 is 0 Å². The molecule has 0 N–H and O–H groups in total. The Balaban J connectivity index is 2.60. The van der Waals surface area contributed by atoms with Crippen molar-refractivity contribution in [2.75, 3.05) is 0 Å². The summed E-state index contributed by atoms with van der Waals surface area (Å²) in [6.07, 6.45) is 1.11. The van der Waals surface area contributed by atoms with Crippen LogP contribution in [0.2, 0.25) is 0 Å². The summed E-state index contributed by atoms with van der Waals surface area (Å²) < 4.78 is 0. The largest absolute Gasteiger partial charge is 0.0613 e. The molecule has 0 aliphatic heterocycles. The SMILES string of the molecule is CCc1c(C)cc(C(C)(C)c2cc(C)c(C)c(C)c2)cc1C. The Hall–Kier alpha value is -1.56. The lowest BCUT2D eigenvalue weighted by molar-refractivity contribution is 0.637. The van der Waals surface area contributed by atoms with E-state index in [1.807, 2.05) is 0 Å². The van der Waals surface area contributed by atoms with Gasteiger partial charge in [-0.15, -0.1) is 0 Å². The molecule has 2 aromatic carbocycles. The van der Waals surface area contributed by atoms with E-state index in [1.165, 1.54) is 44.5 Å². The summed E-state index contributed by atoms with van der Waals surface area (Å²) in [4.78, 5) is 0. The van der Waals surface area contributed by atoms with Gasteiger partial charge in [0.1, 0.15) is 0 Å². The van der Waals surface area contributed by atoms with E-state index >= 15 is 0 Å². The Morgan fingerprint density at radius 1 is 0.682 bits per heavy atom. The Kier molecular flexibility index (Phi) is 4.52. The Labute approximate surface area is 136 Å². The van der Waals surface area contributed by atoms with Crippen molar-refractivity contribution in [2.45, 2.75) is 67.2 Å². The Morgan fingerprint density at radius 3 is 1.41 bits per heavy atom. The molecule has 0 radical (unpaired) electrons. The van der Waals surface area contributed by atoms with Crippen molar-refractivity contribution >= 4 is 0 Å². The molecule has 22 heavy (non-hydrogen) atoms. The van der Waals surface area contributed by atoms with Crippen molar-refractivity contribution in [2.24, 2.45) is 0 Å². The molecule has 0 saturated carbocycles. The molecular weight excluding hydrogens is 264 g/mol. The summed E-state index contributed by atoms with van der Waals surface area (Å²) in [5, 5.41) is 0. The predicted octanol–water partition coefficient (Wildman–Crippen LogP) is 6.12. The minimum Gasteiger partial charge on any atom is -0.0613 e. The van der Waals surface area contributed by atoms with Crippen LogP contribution in [0.5, 0.6) is 0 Å². The summed E-state index contributed by atoms with van der Waals surface area (Å²) in [5.41, 5.74) is 11.4. The van der Waals surface area contributed by atoms with Gasteiger partial charge >= 0.3 is 0 Å². The average molecular weight is 294 g/mol. The standard InChI is InChI=1S/C22H30/c1-9-21-16(4)12-20(13-17(21)5)22(7,8)19-10-14(2)18(6)15(3)11-19/h10-13H,9H2,1-8H3. The van der Waals surface area contributed by atoms with Gasteiger partial charge in [0.05, 0.1) is 0 Å². The zero-order valence-corrected chi connectivity index (χ0v) is 15.5. The van der Waals surface area contributed by atoms with Crippen LogP contribution in [-0.2, 0) is 11.8 Å². The summed E-state index contributed by atoms with van der Waals surface area (Å²) in [6.45, 7) is 18.1. The third-order valence-electron chi connectivity index (χ3n) is 5.42. The van der Waals surface area contributed by atoms with E-state index in [1.54, 1.807) is 0 Å². The lowest BCUT2D eigenvalue weighted by Crippen LogP contribution is -2.20. The van der Waals surface area contributed by atoms with Crippen molar-refractivity contribution in [3.05, 3.63) is 68.8 Å². The van der Waals surface area contributed by atoms with E-state index in [0.29, 0.717) is 0 Å². The van der Waals surface area contributed by atoms with Crippen LogP contribution in [0.15, 0.2) is 24.3 Å². The van der Waals surface area contributed by atoms with Crippen molar-refractivity contribution in [1.82, 2.24) is 0 Å². The van der Waals surface area contributed by atoms with Gasteiger partial charge in [0, 0.05) is 5.41 Å². The fraction of sp³-hybridized carbons (Fsp3) is 0.455. The first-order valence-corrected chi connectivity index (χ1v) is 8.37. The summed E-state index contributed by atoms with van der Waals surface area (Å²) in [5.74, 6) is 0. The van der Waals surface area contributed by atoms with Crippen LogP contribution in [-0.4, -0.2) is 0 Å². The van der Waals surface area contributed by atoms with E-state index in [0.717, 1.165) is 6.42 Å². The molecule has 0 amide bonds. The molecule has 0 aliphatic carbocycles. The third-order valence-corrected chi connectivity index (χ3v) is 5.42. The molecule has 0 unspecified atom stereocenters. The minimum absolute atomic E-state index is 0.0327. The fourth-order valence-corrected chi connectivity index (χ4v) is 3.48. The molecule has 2 rings (SSSR count). The molecule has 0 saturated heterocycles. The molecule has 0 spiro atoms. The number of aryl methyl sites for hydroxylation is 4. The molecule has 0 aliphatic rings. The van der Waals surface area contributed by atoms with Crippen molar-refractivity contribution < 1.29 is 0 Å². The molecule has 0 aromatic heterocycles. The van der Waals surface area contributed by atoms with Crippen molar-refractivity contribution in [1.29, 1.82) is 0 Å². The number of hydrogen-bond donors (Lipinski definition) is 0. The van der Waals surface area contributed by atoms with E-state index in [4.69, 9.17) is 0 Å². The summed E-state index contributed by atoms with van der Waals surface area (Å²) >= 11 is 0. The first kappa shape index (κ1) is 16.8. The molecule has 0 nitrogen and oxygen atoms in total. The maximum atomic E-state index is 2.39. The van der Waals surface area contributed by atoms with E-state index < -0.39 is 0 Å². The Bertz CT molecular complexity index is 656. The smallest absolute Gasteiger partial charge is 0.0146 e. The lowest BCUT2D eigenvalue weighted by Gasteiger charge is -2.29. The Morgan fingerprint density at radius 2 is 1.05 bits per heavy atom. The van der Waals surface area contributed by atoms with Crippen LogP contribution in [0, 0.1) is 34.6 Å². The minimum atomic E-state index is 0.0327. The quantitative estimate of drug-likeness (QED) is 0.640. The van der Waals surface area contributed by atoms with Gasteiger partial charge in [-0.1, -0.05) is 45.0 Å². The highest BCUT2D eigenvalue weighted by Gasteiger charge is 2.25. The van der Waals surface area contributed by atoms with Crippen LogP contribution in [0.4, 0.5) is 0 Å². The molecule has 0 atom stereocenters. The first-order valence-electron chi connectivity index (χ1n) is 8.37. The maximum Gasteiger partial charge on any atom is 0.0146 e. The van der Waals surface area contributed by atoms with Crippen LogP contribution in [0.3, 0.4) is 0 Å². The van der Waals surface area contributed by atoms with Crippen molar-refractivity contribution in [3.8, 4) is 0 Å². The third kappa shape index (κ3) is 2.84. The average Bonchev–Trinajstić information content (AvgIpc) is 2.43. The van der Waals surface area contributed by atoms with Gasteiger partial charge in [-0.3, -0.25) is 0 Å². The van der Waals surface area contributed by atoms with Gasteiger partial charge in [0.25, 0.3) is 0 Å². The molecule has 0 heteroatoms. The number of hydrogen-bond acceptors (Lipinski definition) is 0. The van der Waals surface area contributed by atoms with Gasteiger partial charge in [0.2, 0.25) is 0 Å².